The molecule has 2 atom stereocenters. The second-order valence-electron chi connectivity index (χ2n) is 8.15. The summed E-state index contributed by atoms with van der Waals surface area (Å²) in [5, 5.41) is 0. The average molecular weight is 444 g/mol. The summed E-state index contributed by atoms with van der Waals surface area (Å²) in [6.45, 7) is 7.39. The Hall–Kier alpha value is -1.99. The number of amides is 2. The zero-order chi connectivity index (χ0) is 21.4. The first-order chi connectivity index (χ1) is 14.5. The van der Waals surface area contributed by atoms with Crippen molar-refractivity contribution in [2.75, 3.05) is 24.5 Å². The van der Waals surface area contributed by atoms with Crippen LogP contribution in [0.3, 0.4) is 0 Å². The van der Waals surface area contributed by atoms with Crippen molar-refractivity contribution in [3.05, 3.63) is 33.8 Å². The molecule has 2 heterocycles. The van der Waals surface area contributed by atoms with Gasteiger partial charge in [0, 0.05) is 19.1 Å². The van der Waals surface area contributed by atoms with Gasteiger partial charge < -0.3 is 9.47 Å². The fourth-order valence-electron chi connectivity index (χ4n) is 4.90. The second kappa shape index (κ2) is 8.63. The van der Waals surface area contributed by atoms with Crippen molar-refractivity contribution >= 4 is 41.2 Å². The van der Waals surface area contributed by atoms with Crippen molar-refractivity contribution in [3.63, 3.8) is 0 Å². The highest BCUT2D eigenvalue weighted by Gasteiger charge is 2.44. The van der Waals surface area contributed by atoms with Gasteiger partial charge in [0.15, 0.2) is 3.95 Å². The van der Waals surface area contributed by atoms with Gasteiger partial charge in [-0.3, -0.25) is 14.5 Å². The average Bonchev–Trinajstić information content (AvgIpc) is 3.09. The number of likely N-dealkylation sites (N-methyl/N-ethyl adjacent to an activating group) is 1. The molecule has 30 heavy (non-hydrogen) atoms. The monoisotopic (exact) mass is 443 g/mol. The number of thiazole rings is 1. The quantitative estimate of drug-likeness (QED) is 0.597. The molecule has 1 aliphatic carbocycles. The number of aromatic nitrogens is 1. The van der Waals surface area contributed by atoms with Gasteiger partial charge in [0.1, 0.15) is 12.4 Å². The number of hydrogen-bond acceptors (Lipinski definition) is 4. The summed E-state index contributed by atoms with van der Waals surface area (Å²) < 4.78 is 3.00. The molecular formula is C23H29N3O2S2. The third-order valence-corrected chi connectivity index (χ3v) is 7.94. The summed E-state index contributed by atoms with van der Waals surface area (Å²) >= 11 is 7.39. The van der Waals surface area contributed by atoms with E-state index in [4.69, 9.17) is 12.2 Å². The molecule has 7 heteroatoms. The fraction of sp³-hybridized carbons (Fsp3) is 0.522. The highest BCUT2D eigenvalue weighted by atomic mass is 32.1. The lowest BCUT2D eigenvalue weighted by molar-refractivity contribution is -0.133. The number of rotatable bonds is 5. The van der Waals surface area contributed by atoms with Crippen LogP contribution < -0.4 is 4.90 Å². The van der Waals surface area contributed by atoms with E-state index in [1.165, 1.54) is 0 Å². The normalized spacial score (nSPS) is 20.6. The first kappa shape index (κ1) is 21.2. The van der Waals surface area contributed by atoms with Gasteiger partial charge in [0.2, 0.25) is 11.8 Å². The van der Waals surface area contributed by atoms with Gasteiger partial charge in [-0.2, -0.15) is 0 Å². The van der Waals surface area contributed by atoms with Crippen molar-refractivity contribution < 1.29 is 9.59 Å². The molecule has 1 aromatic heterocycles. The minimum Gasteiger partial charge on any atom is -0.342 e. The maximum Gasteiger partial charge on any atom is 0.242 e. The van der Waals surface area contributed by atoms with Gasteiger partial charge in [0.25, 0.3) is 0 Å². The van der Waals surface area contributed by atoms with E-state index in [2.05, 4.69) is 23.6 Å². The van der Waals surface area contributed by atoms with Crippen molar-refractivity contribution in [1.29, 1.82) is 0 Å². The van der Waals surface area contributed by atoms with Crippen LogP contribution >= 0.6 is 23.6 Å². The van der Waals surface area contributed by atoms with Crippen LogP contribution in [-0.4, -0.2) is 40.9 Å². The Kier molecular flexibility index (Phi) is 6.11. The van der Waals surface area contributed by atoms with E-state index in [-0.39, 0.29) is 30.3 Å². The Balaban J connectivity index is 1.88. The summed E-state index contributed by atoms with van der Waals surface area (Å²) in [5.74, 6) is 0.819. The molecule has 2 aromatic rings. The third kappa shape index (κ3) is 3.52. The maximum atomic E-state index is 13.6. The lowest BCUT2D eigenvalue weighted by Gasteiger charge is -2.42. The number of benzene rings is 1. The van der Waals surface area contributed by atoms with Gasteiger partial charge >= 0.3 is 0 Å². The number of carbonyl (C=O) groups is 2. The fourth-order valence-corrected chi connectivity index (χ4v) is 6.51. The minimum absolute atomic E-state index is 0.0120. The van der Waals surface area contributed by atoms with E-state index in [1.54, 1.807) is 21.1 Å². The van der Waals surface area contributed by atoms with Crippen LogP contribution in [0.1, 0.15) is 51.1 Å². The van der Waals surface area contributed by atoms with Crippen LogP contribution in [0.4, 0.5) is 5.82 Å². The summed E-state index contributed by atoms with van der Waals surface area (Å²) in [5.41, 5.74) is 2.23. The molecule has 0 radical (unpaired) electrons. The van der Waals surface area contributed by atoms with Gasteiger partial charge in [0.05, 0.1) is 10.8 Å². The van der Waals surface area contributed by atoms with Crippen molar-refractivity contribution in [2.24, 2.45) is 5.92 Å². The first-order valence-corrected chi connectivity index (χ1v) is 12.1. The molecule has 1 aromatic carbocycles. The minimum atomic E-state index is -0.0817. The zero-order valence-electron chi connectivity index (χ0n) is 17.9. The first-order valence-electron chi connectivity index (χ1n) is 10.9. The lowest BCUT2D eigenvalue weighted by Crippen LogP contribution is -2.51. The van der Waals surface area contributed by atoms with E-state index >= 15 is 0 Å². The molecule has 2 unspecified atom stereocenters. The highest BCUT2D eigenvalue weighted by Crippen LogP contribution is 2.49. The number of carbonyl (C=O) groups excluding carboxylic acids is 2. The van der Waals surface area contributed by atoms with E-state index in [9.17, 15) is 9.59 Å². The van der Waals surface area contributed by atoms with Gasteiger partial charge in [-0.15, -0.1) is 11.3 Å². The van der Waals surface area contributed by atoms with Crippen LogP contribution in [0.25, 0.3) is 10.4 Å². The summed E-state index contributed by atoms with van der Waals surface area (Å²) in [6, 6.07) is 8.31. The lowest BCUT2D eigenvalue weighted by atomic mass is 9.82. The second-order valence-corrected chi connectivity index (χ2v) is 9.80. The van der Waals surface area contributed by atoms with Crippen molar-refractivity contribution in [2.45, 2.75) is 52.5 Å². The van der Waals surface area contributed by atoms with Crippen molar-refractivity contribution in [1.82, 2.24) is 9.47 Å². The molecule has 0 saturated heterocycles. The van der Waals surface area contributed by atoms with Crippen molar-refractivity contribution in [3.8, 4) is 10.4 Å². The Morgan fingerprint density at radius 1 is 1.20 bits per heavy atom. The maximum absolute atomic E-state index is 13.6. The highest BCUT2D eigenvalue weighted by molar-refractivity contribution is 7.73. The number of nitrogens with zero attached hydrogens (tertiary/aromatic N) is 3. The molecule has 0 N–H and O–H groups in total. The smallest absolute Gasteiger partial charge is 0.242 e. The number of aryl methyl sites for hydroxylation is 1. The molecule has 2 amide bonds. The predicted octanol–water partition coefficient (Wildman–Crippen LogP) is 5.20. The molecule has 1 fully saturated rings. The van der Waals surface area contributed by atoms with Crippen LogP contribution in [0.2, 0.25) is 0 Å². The number of hydrogen-bond donors (Lipinski definition) is 0. The number of fused-ring (bicyclic) bond motifs is 3. The zero-order valence-corrected chi connectivity index (χ0v) is 19.5. The predicted molar refractivity (Wildman–Crippen MR) is 125 cm³/mol. The van der Waals surface area contributed by atoms with Gasteiger partial charge in [-0.25, -0.2) is 0 Å². The van der Waals surface area contributed by atoms with Crippen LogP contribution in [0.5, 0.6) is 0 Å². The molecule has 5 nitrogen and oxygen atoms in total. The largest absolute Gasteiger partial charge is 0.342 e. The van der Waals surface area contributed by atoms with Gasteiger partial charge in [-0.1, -0.05) is 37.1 Å². The van der Waals surface area contributed by atoms with Gasteiger partial charge in [-0.05, 0) is 57.0 Å². The summed E-state index contributed by atoms with van der Waals surface area (Å²) in [7, 11) is 0. The van der Waals surface area contributed by atoms with E-state index < -0.39 is 0 Å². The number of anilines is 1. The Labute approximate surface area is 187 Å². The third-order valence-electron chi connectivity index (χ3n) is 6.52. The molecule has 1 saturated carbocycles. The standard InChI is InChI=1S/C23H29N3O2S2/c1-4-24(5-2)19(27)14-25-21-20(16-11-7-6-10-15(16)3)30-23(29)26(21)18-13-9-8-12-17(18)22(25)28/h6-7,10-11,17-18H,4-5,8-9,12-14H2,1-3H3. The van der Waals surface area contributed by atoms with Crippen LogP contribution in [0.15, 0.2) is 24.3 Å². The molecule has 0 bridgehead atoms. The van der Waals surface area contributed by atoms with Crippen LogP contribution in [-0.2, 0) is 9.59 Å². The van der Waals surface area contributed by atoms with E-state index in [0.717, 1.165) is 51.5 Å². The molecular weight excluding hydrogens is 414 g/mol. The Morgan fingerprint density at radius 2 is 1.90 bits per heavy atom. The van der Waals surface area contributed by atoms with Crippen LogP contribution in [0, 0.1) is 16.8 Å². The Bertz CT molecular complexity index is 1020. The molecule has 0 spiro atoms. The van der Waals surface area contributed by atoms with E-state index in [0.29, 0.717) is 13.1 Å². The SMILES string of the molecule is CCN(CC)C(=O)CN1C(=O)C2CCCCC2n2c1c(-c1ccccc1C)sc2=S. The molecule has 160 valence electrons. The molecule has 1 aliphatic heterocycles. The topological polar surface area (TPSA) is 45.6 Å². The molecule has 2 aliphatic rings. The summed E-state index contributed by atoms with van der Waals surface area (Å²) in [4.78, 5) is 31.2. The molecule has 4 rings (SSSR count). The van der Waals surface area contributed by atoms with E-state index in [1.807, 2.05) is 26.0 Å². The Morgan fingerprint density at radius 3 is 2.60 bits per heavy atom. The summed E-state index contributed by atoms with van der Waals surface area (Å²) in [6.07, 6.45) is 4.02.